The molecule has 1 aromatic heterocycles. The molecule has 0 saturated carbocycles. The molecular formula is C21H23N3O2S. The van der Waals surface area contributed by atoms with Crippen LogP contribution < -0.4 is 5.32 Å². The average molecular weight is 382 g/mol. The molecule has 3 aromatic rings. The molecule has 0 aliphatic heterocycles. The monoisotopic (exact) mass is 381 g/mol. The van der Waals surface area contributed by atoms with E-state index >= 15 is 0 Å². The fourth-order valence-corrected chi connectivity index (χ4v) is 3.45. The van der Waals surface area contributed by atoms with Crippen LogP contribution in [0.3, 0.4) is 0 Å². The molecule has 27 heavy (non-hydrogen) atoms. The van der Waals surface area contributed by atoms with Gasteiger partial charge in [-0.1, -0.05) is 60.3 Å². The maximum atomic E-state index is 12.1. The molecule has 0 aliphatic rings. The Kier molecular flexibility index (Phi) is 7.19. The summed E-state index contributed by atoms with van der Waals surface area (Å²) >= 11 is 1.44. The van der Waals surface area contributed by atoms with Gasteiger partial charge >= 0.3 is 0 Å². The van der Waals surface area contributed by atoms with Gasteiger partial charge in [-0.15, -0.1) is 0 Å². The van der Waals surface area contributed by atoms with Crippen LogP contribution in [0.15, 0.2) is 59.6 Å². The Bertz CT molecular complexity index is 887. The van der Waals surface area contributed by atoms with Gasteiger partial charge in [0.25, 0.3) is 0 Å². The topological polar surface area (TPSA) is 64.1 Å². The van der Waals surface area contributed by atoms with E-state index in [4.69, 9.17) is 9.72 Å². The lowest BCUT2D eigenvalue weighted by molar-refractivity contribution is -0.118. The first-order chi connectivity index (χ1) is 13.3. The number of aromatic nitrogens is 2. The maximum Gasteiger partial charge on any atom is 0.230 e. The summed E-state index contributed by atoms with van der Waals surface area (Å²) in [4.78, 5) is 21.5. The highest BCUT2D eigenvalue weighted by atomic mass is 32.2. The van der Waals surface area contributed by atoms with Crippen LogP contribution >= 0.6 is 11.8 Å². The Morgan fingerprint density at radius 1 is 1.07 bits per heavy atom. The van der Waals surface area contributed by atoms with Crippen molar-refractivity contribution in [2.24, 2.45) is 0 Å². The normalized spacial score (nSPS) is 10.9. The molecule has 140 valence electrons. The van der Waals surface area contributed by atoms with Gasteiger partial charge in [-0.2, -0.15) is 0 Å². The van der Waals surface area contributed by atoms with Gasteiger partial charge in [0.15, 0.2) is 5.82 Å². The second kappa shape index (κ2) is 10.0. The lowest BCUT2D eigenvalue weighted by Crippen LogP contribution is -2.26. The molecule has 0 spiro atoms. The quantitative estimate of drug-likeness (QED) is 0.346. The van der Waals surface area contributed by atoms with Gasteiger partial charge in [0.1, 0.15) is 5.03 Å². The van der Waals surface area contributed by atoms with Crippen molar-refractivity contribution in [1.82, 2.24) is 15.3 Å². The van der Waals surface area contributed by atoms with Crippen molar-refractivity contribution in [3.8, 4) is 11.4 Å². The molecule has 5 nitrogen and oxygen atoms in total. The molecule has 1 heterocycles. The first-order valence-corrected chi connectivity index (χ1v) is 10.1. The molecule has 3 rings (SSSR count). The number of thioether (sulfide) groups is 1. The number of fused-ring (bicyclic) bond motifs is 1. The summed E-state index contributed by atoms with van der Waals surface area (Å²) in [6, 6.07) is 17.8. The van der Waals surface area contributed by atoms with Crippen LogP contribution in [0.1, 0.15) is 13.3 Å². The molecular weight excluding hydrogens is 358 g/mol. The van der Waals surface area contributed by atoms with Crippen LogP contribution in [0.25, 0.3) is 22.3 Å². The van der Waals surface area contributed by atoms with Crippen LogP contribution in [0.5, 0.6) is 0 Å². The molecule has 1 amide bonds. The first-order valence-electron chi connectivity index (χ1n) is 9.07. The fourth-order valence-electron chi connectivity index (χ4n) is 2.61. The highest BCUT2D eigenvalue weighted by Crippen LogP contribution is 2.28. The number of nitrogens with one attached hydrogen (secondary N) is 1. The summed E-state index contributed by atoms with van der Waals surface area (Å²) in [6.07, 6.45) is 0.818. The molecule has 2 aromatic carbocycles. The molecule has 0 saturated heterocycles. The van der Waals surface area contributed by atoms with Crippen LogP contribution in [0, 0.1) is 0 Å². The van der Waals surface area contributed by atoms with Gasteiger partial charge in [0, 0.05) is 30.7 Å². The minimum Gasteiger partial charge on any atom is -0.382 e. The Morgan fingerprint density at radius 3 is 2.67 bits per heavy atom. The smallest absolute Gasteiger partial charge is 0.230 e. The molecule has 0 unspecified atom stereocenters. The summed E-state index contributed by atoms with van der Waals surface area (Å²) in [7, 11) is 0. The molecule has 0 fully saturated rings. The number of benzene rings is 2. The van der Waals surface area contributed by atoms with E-state index in [9.17, 15) is 4.79 Å². The van der Waals surface area contributed by atoms with E-state index in [1.54, 1.807) is 0 Å². The third-order valence-electron chi connectivity index (χ3n) is 3.93. The van der Waals surface area contributed by atoms with Gasteiger partial charge in [-0.3, -0.25) is 4.79 Å². The van der Waals surface area contributed by atoms with Crippen molar-refractivity contribution in [2.45, 2.75) is 18.4 Å². The summed E-state index contributed by atoms with van der Waals surface area (Å²) in [5.41, 5.74) is 1.84. The number of nitrogens with zero attached hydrogens (tertiary/aromatic N) is 2. The van der Waals surface area contributed by atoms with Gasteiger partial charge in [-0.05, 0) is 19.4 Å². The van der Waals surface area contributed by atoms with E-state index in [1.807, 2.05) is 61.5 Å². The number of carbonyl (C=O) groups is 1. The molecule has 1 N–H and O–H groups in total. The van der Waals surface area contributed by atoms with Crippen molar-refractivity contribution < 1.29 is 9.53 Å². The highest BCUT2D eigenvalue weighted by molar-refractivity contribution is 8.00. The van der Waals surface area contributed by atoms with Crippen LogP contribution in [0.2, 0.25) is 0 Å². The summed E-state index contributed by atoms with van der Waals surface area (Å²) < 4.78 is 5.27. The number of ether oxygens (including phenoxy) is 1. The minimum atomic E-state index is 0.000419. The zero-order valence-corrected chi connectivity index (χ0v) is 16.2. The SMILES string of the molecule is CCOCCCNC(=O)CSc1nc(-c2ccccc2)nc2ccccc12. The number of rotatable bonds is 9. The third kappa shape index (κ3) is 5.52. The minimum absolute atomic E-state index is 0.000419. The summed E-state index contributed by atoms with van der Waals surface area (Å²) in [5.74, 6) is 0.999. The third-order valence-corrected chi connectivity index (χ3v) is 4.92. The second-order valence-corrected chi connectivity index (χ2v) is 6.89. The Morgan fingerprint density at radius 2 is 1.85 bits per heavy atom. The zero-order valence-electron chi connectivity index (χ0n) is 15.4. The molecule has 0 aliphatic carbocycles. The lowest BCUT2D eigenvalue weighted by atomic mass is 10.2. The largest absolute Gasteiger partial charge is 0.382 e. The van der Waals surface area contributed by atoms with Crippen molar-refractivity contribution in [3.63, 3.8) is 0 Å². The van der Waals surface area contributed by atoms with E-state index in [2.05, 4.69) is 10.3 Å². The van der Waals surface area contributed by atoms with E-state index in [0.717, 1.165) is 27.9 Å². The van der Waals surface area contributed by atoms with Gasteiger partial charge in [0.2, 0.25) is 5.91 Å². The van der Waals surface area contributed by atoms with E-state index in [-0.39, 0.29) is 5.91 Å². The van der Waals surface area contributed by atoms with Gasteiger partial charge in [-0.25, -0.2) is 9.97 Å². The lowest BCUT2D eigenvalue weighted by Gasteiger charge is -2.09. The number of hydrogen-bond acceptors (Lipinski definition) is 5. The molecule has 0 bridgehead atoms. The Balaban J connectivity index is 1.71. The molecule has 0 atom stereocenters. The molecule has 0 radical (unpaired) electrons. The van der Waals surface area contributed by atoms with Crippen LogP contribution in [-0.2, 0) is 9.53 Å². The summed E-state index contributed by atoms with van der Waals surface area (Å²) in [5, 5.41) is 4.71. The predicted molar refractivity (Wildman–Crippen MR) is 110 cm³/mol. The van der Waals surface area contributed by atoms with Crippen molar-refractivity contribution in [1.29, 1.82) is 0 Å². The number of carbonyl (C=O) groups excluding carboxylic acids is 1. The fraction of sp³-hybridized carbons (Fsp3) is 0.286. The standard InChI is InChI=1S/C21H23N3O2S/c1-2-26-14-8-13-22-19(25)15-27-21-17-11-6-7-12-18(17)23-20(24-21)16-9-4-3-5-10-16/h3-7,9-12H,2,8,13-15H2,1H3,(H,22,25). The second-order valence-electron chi connectivity index (χ2n) is 5.92. The van der Waals surface area contributed by atoms with E-state index in [1.165, 1.54) is 11.8 Å². The number of para-hydroxylation sites is 1. The zero-order chi connectivity index (χ0) is 18.9. The van der Waals surface area contributed by atoms with E-state index < -0.39 is 0 Å². The Labute approximate surface area is 163 Å². The van der Waals surface area contributed by atoms with Gasteiger partial charge in [0.05, 0.1) is 11.3 Å². The van der Waals surface area contributed by atoms with Crippen molar-refractivity contribution >= 4 is 28.6 Å². The number of amides is 1. The average Bonchev–Trinajstić information content (AvgIpc) is 2.72. The first kappa shape index (κ1) is 19.3. The predicted octanol–water partition coefficient (Wildman–Crippen LogP) is 3.93. The van der Waals surface area contributed by atoms with Gasteiger partial charge < -0.3 is 10.1 Å². The summed E-state index contributed by atoms with van der Waals surface area (Å²) in [6.45, 7) is 3.96. The Hall–Kier alpha value is -2.44. The molecule has 6 heteroatoms. The van der Waals surface area contributed by atoms with Crippen molar-refractivity contribution in [3.05, 3.63) is 54.6 Å². The van der Waals surface area contributed by atoms with Crippen LogP contribution in [-0.4, -0.2) is 41.4 Å². The van der Waals surface area contributed by atoms with Crippen LogP contribution in [0.4, 0.5) is 0 Å². The maximum absolute atomic E-state index is 12.1. The van der Waals surface area contributed by atoms with Crippen molar-refractivity contribution in [2.75, 3.05) is 25.5 Å². The van der Waals surface area contributed by atoms with E-state index in [0.29, 0.717) is 31.3 Å². The highest BCUT2D eigenvalue weighted by Gasteiger charge is 2.11. The number of hydrogen-bond donors (Lipinski definition) is 1.